The zero-order chi connectivity index (χ0) is 26.9. The molecule has 0 saturated carbocycles. The molecule has 0 bridgehead atoms. The van der Waals surface area contributed by atoms with Crippen LogP contribution in [0.5, 0.6) is 0 Å². The molecule has 11 heteroatoms. The summed E-state index contributed by atoms with van der Waals surface area (Å²) in [4.78, 5) is 27.8. The minimum atomic E-state index is -3.61. The van der Waals surface area contributed by atoms with Crippen LogP contribution in [0.4, 0.5) is 5.69 Å². The number of rotatable bonds is 13. The van der Waals surface area contributed by atoms with Crippen molar-refractivity contribution < 1.29 is 18.0 Å². The Hall–Kier alpha value is -2.00. The Morgan fingerprint density at radius 3 is 2.22 bits per heavy atom. The van der Waals surface area contributed by atoms with Gasteiger partial charge in [0.25, 0.3) is 0 Å². The standard InChI is InChI=1S/C25H32Cl3N3O4S/c1-4-14-29-25(33)23(5-2)30(17-20-21(27)11-7-12-22(20)28)24(32)13-8-15-31(36(3,34)35)19-10-6-9-18(26)16-19/h6-7,9-12,16,23H,4-5,8,13-15,17H2,1-3H3,(H,29,33)/t23-/m0/s1. The number of hydrogen-bond donors (Lipinski definition) is 1. The first-order valence-electron chi connectivity index (χ1n) is 11.7. The Labute approximate surface area is 228 Å². The summed E-state index contributed by atoms with van der Waals surface area (Å²) in [5.41, 5.74) is 0.968. The van der Waals surface area contributed by atoms with E-state index in [4.69, 9.17) is 34.8 Å². The van der Waals surface area contributed by atoms with E-state index in [-0.39, 0.29) is 37.7 Å². The van der Waals surface area contributed by atoms with Gasteiger partial charge in [-0.25, -0.2) is 8.42 Å². The number of hydrogen-bond acceptors (Lipinski definition) is 4. The lowest BCUT2D eigenvalue weighted by molar-refractivity contribution is -0.141. The Morgan fingerprint density at radius 1 is 1.03 bits per heavy atom. The highest BCUT2D eigenvalue weighted by Gasteiger charge is 2.29. The van der Waals surface area contributed by atoms with Crippen LogP contribution < -0.4 is 9.62 Å². The Kier molecular flexibility index (Phi) is 11.8. The van der Waals surface area contributed by atoms with Crippen LogP contribution in [0.2, 0.25) is 15.1 Å². The zero-order valence-electron chi connectivity index (χ0n) is 20.6. The van der Waals surface area contributed by atoms with Crippen LogP contribution in [0, 0.1) is 0 Å². The molecule has 0 heterocycles. The molecule has 0 unspecified atom stereocenters. The number of nitrogens with zero attached hydrogens (tertiary/aromatic N) is 2. The smallest absolute Gasteiger partial charge is 0.242 e. The highest BCUT2D eigenvalue weighted by atomic mass is 35.5. The molecule has 36 heavy (non-hydrogen) atoms. The second kappa shape index (κ2) is 14.1. The van der Waals surface area contributed by atoms with E-state index in [1.807, 2.05) is 13.8 Å². The van der Waals surface area contributed by atoms with Crippen molar-refractivity contribution in [1.29, 1.82) is 0 Å². The fourth-order valence-electron chi connectivity index (χ4n) is 3.77. The average molecular weight is 577 g/mol. The third kappa shape index (κ3) is 8.54. The van der Waals surface area contributed by atoms with E-state index < -0.39 is 16.1 Å². The summed E-state index contributed by atoms with van der Waals surface area (Å²) in [6.45, 7) is 4.40. The molecule has 2 aromatic rings. The Morgan fingerprint density at radius 2 is 1.67 bits per heavy atom. The molecule has 7 nitrogen and oxygen atoms in total. The van der Waals surface area contributed by atoms with Crippen LogP contribution in [-0.2, 0) is 26.2 Å². The Bertz CT molecular complexity index is 1140. The number of carbonyl (C=O) groups is 2. The molecule has 2 aromatic carbocycles. The molecule has 0 aromatic heterocycles. The summed E-state index contributed by atoms with van der Waals surface area (Å²) in [5, 5.41) is 4.06. The van der Waals surface area contributed by atoms with Crippen molar-refractivity contribution in [2.24, 2.45) is 0 Å². The van der Waals surface area contributed by atoms with Gasteiger partial charge in [0, 0.05) is 46.7 Å². The largest absolute Gasteiger partial charge is 0.354 e. The number of sulfonamides is 1. The van der Waals surface area contributed by atoms with Crippen molar-refractivity contribution >= 4 is 62.3 Å². The summed E-state index contributed by atoms with van der Waals surface area (Å²) in [5.74, 6) is -0.559. The van der Waals surface area contributed by atoms with Gasteiger partial charge >= 0.3 is 0 Å². The van der Waals surface area contributed by atoms with Gasteiger partial charge in [-0.1, -0.05) is 60.8 Å². The molecular weight excluding hydrogens is 545 g/mol. The van der Waals surface area contributed by atoms with Gasteiger partial charge in [0.15, 0.2) is 0 Å². The summed E-state index contributed by atoms with van der Waals surface area (Å²) in [6, 6.07) is 10.9. The summed E-state index contributed by atoms with van der Waals surface area (Å²) >= 11 is 18.8. The van der Waals surface area contributed by atoms with Crippen molar-refractivity contribution in [1.82, 2.24) is 10.2 Å². The molecule has 0 saturated heterocycles. The maximum absolute atomic E-state index is 13.4. The molecule has 2 rings (SSSR count). The normalized spacial score (nSPS) is 12.2. The van der Waals surface area contributed by atoms with Gasteiger partial charge in [-0.2, -0.15) is 0 Å². The monoisotopic (exact) mass is 575 g/mol. The molecule has 198 valence electrons. The van der Waals surface area contributed by atoms with Crippen molar-refractivity contribution in [2.75, 3.05) is 23.7 Å². The number of amides is 2. The van der Waals surface area contributed by atoms with Gasteiger partial charge in [-0.15, -0.1) is 0 Å². The fourth-order valence-corrected chi connectivity index (χ4v) is 5.43. The second-order valence-corrected chi connectivity index (χ2v) is 11.5. The maximum Gasteiger partial charge on any atom is 0.242 e. The van der Waals surface area contributed by atoms with Crippen LogP contribution in [0.3, 0.4) is 0 Å². The third-order valence-corrected chi connectivity index (χ3v) is 7.71. The van der Waals surface area contributed by atoms with Crippen LogP contribution in [0.25, 0.3) is 0 Å². The number of nitrogens with one attached hydrogen (secondary N) is 1. The topological polar surface area (TPSA) is 86.8 Å². The number of anilines is 1. The average Bonchev–Trinajstić information content (AvgIpc) is 2.81. The van der Waals surface area contributed by atoms with E-state index in [9.17, 15) is 18.0 Å². The van der Waals surface area contributed by atoms with Crippen molar-refractivity contribution in [3.63, 3.8) is 0 Å². The predicted octanol–water partition coefficient (Wildman–Crippen LogP) is 5.53. The summed E-state index contributed by atoms with van der Waals surface area (Å²) in [7, 11) is -3.61. The van der Waals surface area contributed by atoms with Crippen molar-refractivity contribution in [2.45, 2.75) is 52.1 Å². The Balaban J connectivity index is 2.26. The first-order valence-corrected chi connectivity index (χ1v) is 14.7. The SMILES string of the molecule is CCCNC(=O)[C@H](CC)N(Cc1c(Cl)cccc1Cl)C(=O)CCCN(c1cccc(Cl)c1)S(C)(=O)=O. The summed E-state index contributed by atoms with van der Waals surface area (Å²) in [6.07, 6.45) is 2.51. The van der Waals surface area contributed by atoms with E-state index >= 15 is 0 Å². The number of carbonyl (C=O) groups excluding carboxylic acids is 2. The minimum absolute atomic E-state index is 0.0201. The van der Waals surface area contributed by atoms with E-state index in [2.05, 4.69) is 5.32 Å². The van der Waals surface area contributed by atoms with Gasteiger partial charge in [0.2, 0.25) is 21.8 Å². The van der Waals surface area contributed by atoms with Gasteiger partial charge in [-0.05, 0) is 49.6 Å². The predicted molar refractivity (Wildman–Crippen MR) is 147 cm³/mol. The van der Waals surface area contributed by atoms with E-state index in [0.717, 1.165) is 12.7 Å². The first kappa shape index (κ1) is 30.2. The molecule has 0 aliphatic heterocycles. The van der Waals surface area contributed by atoms with Gasteiger partial charge < -0.3 is 10.2 Å². The number of benzene rings is 2. The second-order valence-electron chi connectivity index (χ2n) is 8.36. The quantitative estimate of drug-likeness (QED) is 0.340. The van der Waals surface area contributed by atoms with Crippen molar-refractivity contribution in [3.8, 4) is 0 Å². The van der Waals surface area contributed by atoms with Crippen LogP contribution >= 0.6 is 34.8 Å². The first-order chi connectivity index (χ1) is 17.0. The maximum atomic E-state index is 13.4. The molecule has 0 radical (unpaired) electrons. The van der Waals surface area contributed by atoms with Crippen LogP contribution in [-0.4, -0.2) is 50.5 Å². The molecule has 1 atom stereocenters. The third-order valence-electron chi connectivity index (χ3n) is 5.57. The van der Waals surface area contributed by atoms with E-state index in [0.29, 0.717) is 39.3 Å². The fraction of sp³-hybridized carbons (Fsp3) is 0.440. The van der Waals surface area contributed by atoms with Gasteiger partial charge in [0.1, 0.15) is 6.04 Å². The zero-order valence-corrected chi connectivity index (χ0v) is 23.7. The van der Waals surface area contributed by atoms with Crippen LogP contribution in [0.15, 0.2) is 42.5 Å². The molecule has 0 aliphatic carbocycles. The molecule has 0 aliphatic rings. The number of halogens is 3. The molecule has 0 fully saturated rings. The minimum Gasteiger partial charge on any atom is -0.354 e. The van der Waals surface area contributed by atoms with Gasteiger partial charge in [-0.3, -0.25) is 13.9 Å². The molecule has 1 N–H and O–H groups in total. The lowest BCUT2D eigenvalue weighted by Crippen LogP contribution is -2.49. The van der Waals surface area contributed by atoms with Crippen LogP contribution in [0.1, 0.15) is 45.1 Å². The lowest BCUT2D eigenvalue weighted by atomic mass is 10.1. The van der Waals surface area contributed by atoms with E-state index in [1.54, 1.807) is 42.5 Å². The molecule has 0 spiro atoms. The molecule has 2 amide bonds. The highest BCUT2D eigenvalue weighted by molar-refractivity contribution is 7.92. The lowest BCUT2D eigenvalue weighted by Gasteiger charge is -2.31. The van der Waals surface area contributed by atoms with E-state index in [1.165, 1.54) is 9.21 Å². The van der Waals surface area contributed by atoms with Gasteiger partial charge in [0.05, 0.1) is 11.9 Å². The van der Waals surface area contributed by atoms with Crippen molar-refractivity contribution in [3.05, 3.63) is 63.1 Å². The summed E-state index contributed by atoms with van der Waals surface area (Å²) < 4.78 is 26.1. The molecular formula is C25H32Cl3N3O4S. The highest BCUT2D eigenvalue weighted by Crippen LogP contribution is 2.28.